The number of nitrogens with zero attached hydrogens (tertiary/aromatic N) is 1. The first-order chi connectivity index (χ1) is 14.9. The molecule has 0 fully saturated rings. The molecule has 0 saturated heterocycles. The van der Waals surface area contributed by atoms with Crippen LogP contribution in [0.25, 0.3) is 0 Å². The van der Waals surface area contributed by atoms with Gasteiger partial charge in [-0.15, -0.1) is 0 Å². The molecule has 158 valence electrons. The van der Waals surface area contributed by atoms with E-state index in [4.69, 9.17) is 9.47 Å². The summed E-state index contributed by atoms with van der Waals surface area (Å²) in [5, 5.41) is 3.94. The summed E-state index contributed by atoms with van der Waals surface area (Å²) in [5.74, 6) is 0.213. The minimum absolute atomic E-state index is 0.372. The van der Waals surface area contributed by atoms with Crippen LogP contribution in [0.1, 0.15) is 28.4 Å². The summed E-state index contributed by atoms with van der Waals surface area (Å²) in [6.07, 6.45) is 0.789. The Morgan fingerprint density at radius 1 is 0.935 bits per heavy atom. The van der Waals surface area contributed by atoms with Crippen LogP contribution in [0, 0.1) is 6.92 Å². The Kier molecular flexibility index (Phi) is 7.56. The maximum atomic E-state index is 12.2. The molecule has 0 aliphatic carbocycles. The zero-order valence-corrected chi connectivity index (χ0v) is 18.6. The molecule has 1 unspecified atom stereocenters. The molecule has 0 aliphatic rings. The average Bonchev–Trinajstić information content (AvgIpc) is 2.77. The molecule has 0 heterocycles. The largest absolute Gasteiger partial charge is 0.481 e. The number of benzene rings is 3. The Balaban J connectivity index is 1.49. The van der Waals surface area contributed by atoms with Crippen molar-refractivity contribution < 1.29 is 19.1 Å². The van der Waals surface area contributed by atoms with Gasteiger partial charge in [-0.05, 0) is 80.1 Å². The summed E-state index contributed by atoms with van der Waals surface area (Å²) >= 11 is 3.35. The van der Waals surface area contributed by atoms with Gasteiger partial charge in [-0.25, -0.2) is 10.2 Å². The maximum absolute atomic E-state index is 12.2. The van der Waals surface area contributed by atoms with Crippen LogP contribution in [-0.2, 0) is 4.79 Å². The molecule has 6 nitrogen and oxygen atoms in total. The number of esters is 1. The molecule has 3 aromatic carbocycles. The smallest absolute Gasteiger partial charge is 0.343 e. The first-order valence-corrected chi connectivity index (χ1v) is 10.3. The number of carbonyl (C=O) groups is 2. The summed E-state index contributed by atoms with van der Waals surface area (Å²) in [6, 6.07) is 21.2. The van der Waals surface area contributed by atoms with E-state index in [2.05, 4.69) is 26.5 Å². The topological polar surface area (TPSA) is 77.0 Å². The number of hydrazone groups is 1. The third kappa shape index (κ3) is 6.79. The molecule has 1 atom stereocenters. The molecular formula is C24H21BrN2O4. The van der Waals surface area contributed by atoms with Crippen molar-refractivity contribution in [2.24, 2.45) is 5.10 Å². The molecule has 0 radical (unpaired) electrons. The number of ether oxygens (including phenoxy) is 2. The third-order valence-corrected chi connectivity index (χ3v) is 4.79. The third-order valence-electron chi connectivity index (χ3n) is 4.26. The van der Waals surface area contributed by atoms with Gasteiger partial charge in [-0.2, -0.15) is 5.10 Å². The van der Waals surface area contributed by atoms with Crippen molar-refractivity contribution in [2.45, 2.75) is 20.0 Å². The van der Waals surface area contributed by atoms with Crippen molar-refractivity contribution in [1.29, 1.82) is 0 Å². The van der Waals surface area contributed by atoms with Crippen LogP contribution >= 0.6 is 15.9 Å². The van der Waals surface area contributed by atoms with Gasteiger partial charge in [0.15, 0.2) is 6.10 Å². The second-order valence-corrected chi connectivity index (χ2v) is 7.69. The zero-order chi connectivity index (χ0) is 22.2. The Labute approximate surface area is 189 Å². The molecule has 1 N–H and O–H groups in total. The average molecular weight is 481 g/mol. The lowest BCUT2D eigenvalue weighted by Gasteiger charge is -2.12. The highest BCUT2D eigenvalue weighted by Crippen LogP contribution is 2.17. The van der Waals surface area contributed by atoms with Gasteiger partial charge in [0.05, 0.1) is 11.8 Å². The number of amides is 1. The van der Waals surface area contributed by atoms with Gasteiger partial charge < -0.3 is 9.47 Å². The fraction of sp³-hybridized carbons (Fsp3) is 0.125. The SMILES string of the molecule is Cc1ccc(C(=O)Oc2ccc(C=NNC(=O)C(C)Oc3ccc(Br)cc3)cc2)cc1. The van der Waals surface area contributed by atoms with E-state index >= 15 is 0 Å². The number of hydrogen-bond acceptors (Lipinski definition) is 5. The van der Waals surface area contributed by atoms with Crippen LogP contribution in [0.15, 0.2) is 82.4 Å². The van der Waals surface area contributed by atoms with Gasteiger partial charge in [0.2, 0.25) is 0 Å². The second kappa shape index (κ2) is 10.5. The van der Waals surface area contributed by atoms with Crippen LogP contribution in [0.4, 0.5) is 0 Å². The summed E-state index contributed by atoms with van der Waals surface area (Å²) in [7, 11) is 0. The predicted octanol–water partition coefficient (Wildman–Crippen LogP) is 4.89. The molecule has 0 bridgehead atoms. The molecule has 0 spiro atoms. The fourth-order valence-electron chi connectivity index (χ4n) is 2.51. The van der Waals surface area contributed by atoms with E-state index in [0.717, 1.165) is 15.6 Å². The van der Waals surface area contributed by atoms with Crippen LogP contribution in [-0.4, -0.2) is 24.2 Å². The van der Waals surface area contributed by atoms with Gasteiger partial charge >= 0.3 is 5.97 Å². The zero-order valence-electron chi connectivity index (χ0n) is 17.0. The number of halogens is 1. The summed E-state index contributed by atoms with van der Waals surface area (Å²) in [6.45, 7) is 3.60. The highest BCUT2D eigenvalue weighted by atomic mass is 79.9. The fourth-order valence-corrected chi connectivity index (χ4v) is 2.77. The molecular weight excluding hydrogens is 460 g/mol. The van der Waals surface area contributed by atoms with Gasteiger partial charge in [-0.1, -0.05) is 33.6 Å². The number of carbonyl (C=O) groups excluding carboxylic acids is 2. The molecule has 31 heavy (non-hydrogen) atoms. The minimum atomic E-state index is -0.707. The Morgan fingerprint density at radius 2 is 1.55 bits per heavy atom. The van der Waals surface area contributed by atoms with E-state index in [9.17, 15) is 9.59 Å². The first kappa shape index (κ1) is 22.2. The van der Waals surface area contributed by atoms with Crippen molar-refractivity contribution >= 4 is 34.0 Å². The second-order valence-electron chi connectivity index (χ2n) is 6.77. The monoisotopic (exact) mass is 480 g/mol. The lowest BCUT2D eigenvalue weighted by molar-refractivity contribution is -0.127. The highest BCUT2D eigenvalue weighted by Gasteiger charge is 2.13. The number of aryl methyl sites for hydroxylation is 1. The van der Waals surface area contributed by atoms with E-state index < -0.39 is 12.1 Å². The van der Waals surface area contributed by atoms with E-state index in [1.165, 1.54) is 6.21 Å². The van der Waals surface area contributed by atoms with Gasteiger partial charge in [0.1, 0.15) is 11.5 Å². The van der Waals surface area contributed by atoms with Gasteiger partial charge in [0.25, 0.3) is 5.91 Å². The van der Waals surface area contributed by atoms with Crippen molar-refractivity contribution in [3.8, 4) is 11.5 Å². The normalized spacial score (nSPS) is 11.7. The minimum Gasteiger partial charge on any atom is -0.481 e. The van der Waals surface area contributed by atoms with Crippen LogP contribution in [0.2, 0.25) is 0 Å². The van der Waals surface area contributed by atoms with E-state index in [1.54, 1.807) is 55.5 Å². The summed E-state index contributed by atoms with van der Waals surface area (Å²) in [5.41, 5.74) is 4.74. The lowest BCUT2D eigenvalue weighted by Crippen LogP contribution is -2.33. The number of hydrogen-bond donors (Lipinski definition) is 1. The molecule has 7 heteroatoms. The molecule has 3 aromatic rings. The van der Waals surface area contributed by atoms with Crippen molar-refractivity contribution in [2.75, 3.05) is 0 Å². The lowest BCUT2D eigenvalue weighted by atomic mass is 10.1. The molecule has 0 saturated carbocycles. The van der Waals surface area contributed by atoms with Crippen LogP contribution < -0.4 is 14.9 Å². The van der Waals surface area contributed by atoms with Gasteiger partial charge in [0, 0.05) is 4.47 Å². The van der Waals surface area contributed by atoms with Crippen molar-refractivity contribution in [3.05, 3.63) is 94.0 Å². The summed E-state index contributed by atoms with van der Waals surface area (Å²) in [4.78, 5) is 24.3. The van der Waals surface area contributed by atoms with E-state index in [1.807, 2.05) is 31.2 Å². The van der Waals surface area contributed by atoms with Crippen molar-refractivity contribution in [3.63, 3.8) is 0 Å². The standard InChI is InChI=1S/C24H21BrN2O4/c1-16-3-7-19(8-4-16)24(29)31-22-11-5-18(6-12-22)15-26-27-23(28)17(2)30-21-13-9-20(25)10-14-21/h3-15,17H,1-2H3,(H,27,28). The molecule has 0 aliphatic heterocycles. The van der Waals surface area contributed by atoms with Crippen LogP contribution in [0.3, 0.4) is 0 Å². The van der Waals surface area contributed by atoms with E-state index in [0.29, 0.717) is 17.1 Å². The van der Waals surface area contributed by atoms with Crippen molar-refractivity contribution in [1.82, 2.24) is 5.43 Å². The predicted molar refractivity (Wildman–Crippen MR) is 123 cm³/mol. The molecule has 1 amide bonds. The van der Waals surface area contributed by atoms with Gasteiger partial charge in [-0.3, -0.25) is 4.79 Å². The Morgan fingerprint density at radius 3 is 2.19 bits per heavy atom. The van der Waals surface area contributed by atoms with E-state index in [-0.39, 0.29) is 5.91 Å². The first-order valence-electron chi connectivity index (χ1n) is 9.55. The molecule has 3 rings (SSSR count). The Hall–Kier alpha value is -3.45. The Bertz CT molecular complexity index is 1060. The highest BCUT2D eigenvalue weighted by molar-refractivity contribution is 9.10. The molecule has 0 aromatic heterocycles. The number of nitrogens with one attached hydrogen (secondary N) is 1. The summed E-state index contributed by atoms with van der Waals surface area (Å²) < 4.78 is 11.9. The van der Waals surface area contributed by atoms with Crippen LogP contribution in [0.5, 0.6) is 11.5 Å². The maximum Gasteiger partial charge on any atom is 0.343 e. The quantitative estimate of drug-likeness (QED) is 0.226. The number of rotatable bonds is 7.